The van der Waals surface area contributed by atoms with Crippen LogP contribution in [0, 0.1) is 0 Å². The number of thiocarbonyl (C=S) groups is 1. The second-order valence-electron chi connectivity index (χ2n) is 6.48. The predicted molar refractivity (Wildman–Crippen MR) is 123 cm³/mol. The molecule has 9 heteroatoms. The Morgan fingerprint density at radius 2 is 1.80 bits per heavy atom. The molecule has 0 saturated heterocycles. The minimum absolute atomic E-state index is 0.300. The Morgan fingerprint density at radius 3 is 2.47 bits per heavy atom. The first-order valence-electron chi connectivity index (χ1n) is 9.03. The van der Waals surface area contributed by atoms with E-state index in [4.69, 9.17) is 26.4 Å². The number of hydrogen-bond acceptors (Lipinski definition) is 5. The fourth-order valence-corrected chi connectivity index (χ4v) is 3.90. The average Bonchev–Trinajstić information content (AvgIpc) is 2.73. The van der Waals surface area contributed by atoms with Crippen LogP contribution in [0.25, 0.3) is 0 Å². The Hall–Kier alpha value is -2.78. The van der Waals surface area contributed by atoms with Crippen LogP contribution in [0.5, 0.6) is 17.2 Å². The van der Waals surface area contributed by atoms with E-state index in [1.54, 1.807) is 32.4 Å². The summed E-state index contributed by atoms with van der Waals surface area (Å²) in [5.74, 6) is 1.46. The van der Waals surface area contributed by atoms with Crippen LogP contribution < -0.4 is 30.2 Å². The van der Waals surface area contributed by atoms with Crippen LogP contribution in [0.1, 0.15) is 18.5 Å². The van der Waals surface area contributed by atoms with E-state index in [9.17, 15) is 4.79 Å². The largest absolute Gasteiger partial charge is 0.497 e. The average molecular weight is 492 g/mol. The van der Waals surface area contributed by atoms with Crippen LogP contribution in [0.3, 0.4) is 0 Å². The maximum Gasteiger partial charge on any atom is 0.255 e. The van der Waals surface area contributed by atoms with Crippen molar-refractivity contribution in [2.45, 2.75) is 13.0 Å². The number of allylic oxidation sites excluding steroid dienone is 1. The monoisotopic (exact) mass is 491 g/mol. The van der Waals surface area contributed by atoms with Crippen molar-refractivity contribution in [3.8, 4) is 17.2 Å². The summed E-state index contributed by atoms with van der Waals surface area (Å²) >= 11 is 8.82. The van der Waals surface area contributed by atoms with Crippen molar-refractivity contribution in [3.05, 3.63) is 57.7 Å². The van der Waals surface area contributed by atoms with E-state index in [1.165, 1.54) is 7.11 Å². The summed E-state index contributed by atoms with van der Waals surface area (Å²) in [5, 5.41) is 9.56. The van der Waals surface area contributed by atoms with Gasteiger partial charge in [0.05, 0.1) is 38.6 Å². The second-order valence-corrected chi connectivity index (χ2v) is 7.80. The maximum absolute atomic E-state index is 13.3. The molecule has 1 amide bonds. The number of carbonyl (C=O) groups is 1. The van der Waals surface area contributed by atoms with Crippen LogP contribution >= 0.6 is 28.1 Å². The van der Waals surface area contributed by atoms with E-state index >= 15 is 0 Å². The Kier molecular flexibility index (Phi) is 6.84. The fraction of sp³-hybridized carbons (Fsp3) is 0.238. The third kappa shape index (κ3) is 4.52. The lowest BCUT2D eigenvalue weighted by molar-refractivity contribution is -0.113. The standard InChI is InChI=1S/C21H22BrN3O4S/c1-11-18(20(26)24-15-7-6-13(27-2)10-17(15)29-4)19(25-21(30)23-11)14-9-12(22)5-8-16(14)28-3/h5-10,19H,1-4H3,(H,24,26)(H2,23,25,30)/t19-/m0/s1. The normalized spacial score (nSPS) is 15.8. The van der Waals surface area contributed by atoms with Crippen LogP contribution in [0.2, 0.25) is 0 Å². The number of benzene rings is 2. The fourth-order valence-electron chi connectivity index (χ4n) is 3.25. The van der Waals surface area contributed by atoms with E-state index in [1.807, 2.05) is 25.1 Å². The van der Waals surface area contributed by atoms with Gasteiger partial charge in [0, 0.05) is 21.8 Å². The van der Waals surface area contributed by atoms with Gasteiger partial charge in [0.1, 0.15) is 17.2 Å². The Balaban J connectivity index is 2.01. The molecule has 1 aliphatic heterocycles. The Morgan fingerprint density at radius 1 is 1.07 bits per heavy atom. The number of ether oxygens (including phenoxy) is 3. The highest BCUT2D eigenvalue weighted by molar-refractivity contribution is 9.10. The SMILES string of the molecule is COc1ccc(NC(=O)C2=C(C)NC(=S)N[C@H]2c2cc(Br)ccc2OC)c(OC)c1. The molecule has 2 aromatic carbocycles. The molecule has 0 saturated carbocycles. The lowest BCUT2D eigenvalue weighted by Gasteiger charge is -2.31. The van der Waals surface area contributed by atoms with Gasteiger partial charge in [0.25, 0.3) is 5.91 Å². The number of anilines is 1. The molecular weight excluding hydrogens is 470 g/mol. The molecule has 0 aromatic heterocycles. The molecule has 1 aliphatic rings. The summed E-state index contributed by atoms with van der Waals surface area (Å²) in [6.45, 7) is 1.81. The number of halogens is 1. The maximum atomic E-state index is 13.3. The van der Waals surface area contributed by atoms with E-state index in [2.05, 4.69) is 31.9 Å². The van der Waals surface area contributed by atoms with E-state index in [0.29, 0.717) is 39.3 Å². The van der Waals surface area contributed by atoms with Gasteiger partial charge in [0.15, 0.2) is 5.11 Å². The summed E-state index contributed by atoms with van der Waals surface area (Å²) in [4.78, 5) is 13.3. The van der Waals surface area contributed by atoms with Crippen LogP contribution in [0.15, 0.2) is 52.1 Å². The lowest BCUT2D eigenvalue weighted by Crippen LogP contribution is -2.45. The van der Waals surface area contributed by atoms with Crippen molar-refractivity contribution in [3.63, 3.8) is 0 Å². The van der Waals surface area contributed by atoms with Gasteiger partial charge >= 0.3 is 0 Å². The quantitative estimate of drug-likeness (QED) is 0.528. The van der Waals surface area contributed by atoms with Gasteiger partial charge in [-0.15, -0.1) is 0 Å². The third-order valence-corrected chi connectivity index (χ3v) is 5.39. The smallest absolute Gasteiger partial charge is 0.255 e. The van der Waals surface area contributed by atoms with E-state index < -0.39 is 6.04 Å². The van der Waals surface area contributed by atoms with Crippen molar-refractivity contribution in [1.29, 1.82) is 0 Å². The van der Waals surface area contributed by atoms with Gasteiger partial charge < -0.3 is 30.2 Å². The molecule has 0 fully saturated rings. The second kappa shape index (κ2) is 9.36. The highest BCUT2D eigenvalue weighted by Gasteiger charge is 2.32. The minimum atomic E-state index is -0.504. The van der Waals surface area contributed by atoms with Crippen molar-refractivity contribution < 1.29 is 19.0 Å². The number of nitrogens with one attached hydrogen (secondary N) is 3. The number of hydrogen-bond donors (Lipinski definition) is 3. The molecule has 3 rings (SSSR count). The zero-order valence-electron chi connectivity index (χ0n) is 17.0. The first-order chi connectivity index (χ1) is 14.4. The number of methoxy groups -OCH3 is 3. The lowest BCUT2D eigenvalue weighted by atomic mass is 9.94. The summed E-state index contributed by atoms with van der Waals surface area (Å²) in [5.41, 5.74) is 2.44. The molecule has 3 N–H and O–H groups in total. The highest BCUT2D eigenvalue weighted by Crippen LogP contribution is 2.36. The van der Waals surface area contributed by atoms with Gasteiger partial charge in [-0.3, -0.25) is 4.79 Å². The number of carbonyl (C=O) groups excluding carboxylic acids is 1. The number of amides is 1. The molecule has 158 valence electrons. The molecule has 0 unspecified atom stereocenters. The van der Waals surface area contributed by atoms with E-state index in [-0.39, 0.29) is 5.91 Å². The van der Waals surface area contributed by atoms with Crippen molar-refractivity contribution >= 4 is 44.9 Å². The molecule has 0 radical (unpaired) electrons. The van der Waals surface area contributed by atoms with Crippen LogP contribution in [-0.2, 0) is 4.79 Å². The predicted octanol–water partition coefficient (Wildman–Crippen LogP) is 3.91. The zero-order valence-corrected chi connectivity index (χ0v) is 19.4. The molecule has 1 atom stereocenters. The first-order valence-corrected chi connectivity index (χ1v) is 10.2. The van der Waals surface area contributed by atoms with E-state index in [0.717, 1.165) is 10.0 Å². The summed E-state index contributed by atoms with van der Waals surface area (Å²) in [6, 6.07) is 10.3. The van der Waals surface area contributed by atoms with Crippen LogP contribution in [0.4, 0.5) is 5.69 Å². The van der Waals surface area contributed by atoms with Crippen molar-refractivity contribution in [2.24, 2.45) is 0 Å². The molecule has 7 nitrogen and oxygen atoms in total. The Bertz CT molecular complexity index is 1030. The summed E-state index contributed by atoms with van der Waals surface area (Å²) in [7, 11) is 4.69. The van der Waals surface area contributed by atoms with Gasteiger partial charge in [-0.1, -0.05) is 15.9 Å². The van der Waals surface area contributed by atoms with Gasteiger partial charge in [-0.05, 0) is 49.5 Å². The molecule has 0 spiro atoms. The molecule has 0 bridgehead atoms. The summed E-state index contributed by atoms with van der Waals surface area (Å²) < 4.78 is 17.0. The van der Waals surface area contributed by atoms with Gasteiger partial charge in [-0.25, -0.2) is 0 Å². The van der Waals surface area contributed by atoms with Gasteiger partial charge in [0.2, 0.25) is 0 Å². The molecule has 1 heterocycles. The number of rotatable bonds is 6. The topological polar surface area (TPSA) is 80.9 Å². The van der Waals surface area contributed by atoms with Gasteiger partial charge in [-0.2, -0.15) is 0 Å². The van der Waals surface area contributed by atoms with Crippen molar-refractivity contribution in [2.75, 3.05) is 26.6 Å². The molecule has 2 aromatic rings. The molecule has 30 heavy (non-hydrogen) atoms. The Labute approximate surface area is 188 Å². The molecule has 0 aliphatic carbocycles. The molecular formula is C21H22BrN3O4S. The van der Waals surface area contributed by atoms with Crippen molar-refractivity contribution in [1.82, 2.24) is 10.6 Å². The minimum Gasteiger partial charge on any atom is -0.497 e. The van der Waals surface area contributed by atoms with Crippen LogP contribution in [-0.4, -0.2) is 32.3 Å². The zero-order chi connectivity index (χ0) is 21.8. The summed E-state index contributed by atoms with van der Waals surface area (Å²) in [6.07, 6.45) is 0. The first kappa shape index (κ1) is 21.9. The highest BCUT2D eigenvalue weighted by atomic mass is 79.9. The third-order valence-electron chi connectivity index (χ3n) is 4.67.